The van der Waals surface area contributed by atoms with Crippen molar-refractivity contribution in [2.45, 2.75) is 18.2 Å². The van der Waals surface area contributed by atoms with Gasteiger partial charge < -0.3 is 5.32 Å². The first-order chi connectivity index (χ1) is 7.20. The van der Waals surface area contributed by atoms with Crippen molar-refractivity contribution in [3.63, 3.8) is 0 Å². The van der Waals surface area contributed by atoms with E-state index < -0.39 is 10.8 Å². The third kappa shape index (κ3) is 2.89. The summed E-state index contributed by atoms with van der Waals surface area (Å²) in [6, 6.07) is 7.02. The van der Waals surface area contributed by atoms with E-state index in [1.165, 1.54) is 0 Å². The predicted octanol–water partition coefficient (Wildman–Crippen LogP) is 1.56. The highest BCUT2D eigenvalue weighted by atomic mass is 32.2. The van der Waals surface area contributed by atoms with Gasteiger partial charge in [-0.15, -0.1) is 0 Å². The van der Waals surface area contributed by atoms with Gasteiger partial charge in [0.2, 0.25) is 0 Å². The first kappa shape index (κ1) is 11.9. The van der Waals surface area contributed by atoms with E-state index in [-0.39, 0.29) is 5.91 Å². The van der Waals surface area contributed by atoms with Gasteiger partial charge in [0.05, 0.1) is 21.3 Å². The second kappa shape index (κ2) is 5.66. The maximum Gasteiger partial charge on any atom is 0.252 e. The molecule has 82 valence electrons. The minimum absolute atomic E-state index is 0.185. The molecule has 4 heteroatoms. The van der Waals surface area contributed by atoms with Gasteiger partial charge in [0.15, 0.2) is 0 Å². The van der Waals surface area contributed by atoms with Gasteiger partial charge in [-0.1, -0.05) is 19.1 Å². The SMILES string of the molecule is CCCS(=O)c1ccccc1C(=O)NC. The highest BCUT2D eigenvalue weighted by molar-refractivity contribution is 7.85. The summed E-state index contributed by atoms with van der Waals surface area (Å²) >= 11 is 0. The van der Waals surface area contributed by atoms with Crippen LogP contribution in [0.1, 0.15) is 23.7 Å². The molecule has 0 aliphatic heterocycles. The number of amides is 1. The lowest BCUT2D eigenvalue weighted by Crippen LogP contribution is -2.20. The quantitative estimate of drug-likeness (QED) is 0.845. The molecule has 0 aliphatic rings. The van der Waals surface area contributed by atoms with Crippen LogP contribution in [0.2, 0.25) is 0 Å². The molecule has 1 amide bonds. The van der Waals surface area contributed by atoms with Gasteiger partial charge in [-0.05, 0) is 18.6 Å². The first-order valence-electron chi connectivity index (χ1n) is 4.90. The molecule has 0 saturated heterocycles. The van der Waals surface area contributed by atoms with Crippen molar-refractivity contribution >= 4 is 16.7 Å². The summed E-state index contributed by atoms with van der Waals surface area (Å²) in [6.45, 7) is 1.97. The van der Waals surface area contributed by atoms with E-state index >= 15 is 0 Å². The smallest absolute Gasteiger partial charge is 0.252 e. The molecule has 0 aromatic heterocycles. The fourth-order valence-electron chi connectivity index (χ4n) is 1.28. The third-order valence-corrected chi connectivity index (χ3v) is 3.62. The number of carbonyl (C=O) groups is 1. The van der Waals surface area contributed by atoms with Crippen LogP contribution in [0.5, 0.6) is 0 Å². The monoisotopic (exact) mass is 225 g/mol. The molecule has 1 atom stereocenters. The molecule has 0 fully saturated rings. The summed E-state index contributed by atoms with van der Waals surface area (Å²) in [7, 11) is 0.493. The van der Waals surface area contributed by atoms with E-state index in [1.54, 1.807) is 31.3 Å². The molecule has 0 aliphatic carbocycles. The van der Waals surface area contributed by atoms with Crippen molar-refractivity contribution in [1.29, 1.82) is 0 Å². The summed E-state index contributed by atoms with van der Waals surface area (Å²) in [5.74, 6) is 0.406. The van der Waals surface area contributed by atoms with Crippen LogP contribution in [-0.4, -0.2) is 22.9 Å². The highest BCUT2D eigenvalue weighted by Gasteiger charge is 2.13. The highest BCUT2D eigenvalue weighted by Crippen LogP contribution is 2.14. The van der Waals surface area contributed by atoms with Crippen LogP contribution in [0.15, 0.2) is 29.2 Å². The van der Waals surface area contributed by atoms with Gasteiger partial charge >= 0.3 is 0 Å². The number of hydrogen-bond donors (Lipinski definition) is 1. The Morgan fingerprint density at radius 3 is 2.67 bits per heavy atom. The number of benzene rings is 1. The zero-order chi connectivity index (χ0) is 11.3. The molecule has 0 heterocycles. The van der Waals surface area contributed by atoms with Crippen molar-refractivity contribution in [3.05, 3.63) is 29.8 Å². The van der Waals surface area contributed by atoms with Crippen molar-refractivity contribution in [2.24, 2.45) is 0 Å². The molecular weight excluding hydrogens is 210 g/mol. The third-order valence-electron chi connectivity index (χ3n) is 1.99. The standard InChI is InChI=1S/C11H15NO2S/c1-3-8-15(14)10-7-5-4-6-9(10)11(13)12-2/h4-7H,3,8H2,1-2H3,(H,12,13). The Morgan fingerprint density at radius 2 is 2.07 bits per heavy atom. The Morgan fingerprint density at radius 1 is 1.40 bits per heavy atom. The van der Waals surface area contributed by atoms with Crippen molar-refractivity contribution in [2.75, 3.05) is 12.8 Å². The minimum atomic E-state index is -1.08. The molecule has 0 spiro atoms. The van der Waals surface area contributed by atoms with Gasteiger partial charge in [0, 0.05) is 12.8 Å². The molecule has 0 bridgehead atoms. The lowest BCUT2D eigenvalue weighted by Gasteiger charge is -2.06. The van der Waals surface area contributed by atoms with Crippen molar-refractivity contribution in [3.8, 4) is 0 Å². The average Bonchev–Trinajstić information content (AvgIpc) is 2.28. The Kier molecular flexibility index (Phi) is 4.49. The molecule has 1 unspecified atom stereocenters. The number of hydrogen-bond acceptors (Lipinski definition) is 2. The first-order valence-corrected chi connectivity index (χ1v) is 6.22. The van der Waals surface area contributed by atoms with Crippen molar-refractivity contribution in [1.82, 2.24) is 5.32 Å². The molecule has 1 rings (SSSR count). The van der Waals surface area contributed by atoms with Crippen LogP contribution < -0.4 is 5.32 Å². The Labute approximate surface area is 92.3 Å². The zero-order valence-electron chi connectivity index (χ0n) is 8.95. The van der Waals surface area contributed by atoms with Gasteiger partial charge in [-0.25, -0.2) is 0 Å². The average molecular weight is 225 g/mol. The maximum atomic E-state index is 11.8. The summed E-state index contributed by atoms with van der Waals surface area (Å²) in [6.07, 6.45) is 0.842. The maximum absolute atomic E-state index is 11.8. The van der Waals surface area contributed by atoms with Gasteiger partial charge in [0.1, 0.15) is 0 Å². The second-order valence-electron chi connectivity index (χ2n) is 3.12. The van der Waals surface area contributed by atoms with Crippen LogP contribution >= 0.6 is 0 Å². The lowest BCUT2D eigenvalue weighted by atomic mass is 10.2. The molecule has 0 saturated carbocycles. The van der Waals surface area contributed by atoms with E-state index in [2.05, 4.69) is 5.32 Å². The summed E-state index contributed by atoms with van der Waals surface area (Å²) in [4.78, 5) is 12.1. The summed E-state index contributed by atoms with van der Waals surface area (Å²) < 4.78 is 11.8. The Bertz CT molecular complexity index is 377. The van der Waals surface area contributed by atoms with E-state index in [1.807, 2.05) is 6.92 Å². The fourth-order valence-corrected chi connectivity index (χ4v) is 2.51. The predicted molar refractivity (Wildman–Crippen MR) is 61.4 cm³/mol. The lowest BCUT2D eigenvalue weighted by molar-refractivity contribution is 0.0960. The topological polar surface area (TPSA) is 46.2 Å². The molecule has 0 radical (unpaired) electrons. The van der Waals surface area contributed by atoms with E-state index in [0.717, 1.165) is 6.42 Å². The fraction of sp³-hybridized carbons (Fsp3) is 0.364. The van der Waals surface area contributed by atoms with E-state index in [4.69, 9.17) is 0 Å². The Hall–Kier alpha value is -1.16. The molecule has 3 nitrogen and oxygen atoms in total. The normalized spacial score (nSPS) is 12.1. The van der Waals surface area contributed by atoms with E-state index in [0.29, 0.717) is 16.2 Å². The molecule has 1 aromatic rings. The van der Waals surface area contributed by atoms with Crippen LogP contribution in [-0.2, 0) is 10.8 Å². The van der Waals surface area contributed by atoms with Gasteiger partial charge in [-0.2, -0.15) is 0 Å². The molecule has 1 aromatic carbocycles. The zero-order valence-corrected chi connectivity index (χ0v) is 9.76. The summed E-state index contributed by atoms with van der Waals surface area (Å²) in [5.41, 5.74) is 0.506. The minimum Gasteiger partial charge on any atom is -0.355 e. The van der Waals surface area contributed by atoms with Crippen LogP contribution in [0.3, 0.4) is 0 Å². The largest absolute Gasteiger partial charge is 0.355 e. The molecule has 15 heavy (non-hydrogen) atoms. The molecular formula is C11H15NO2S. The van der Waals surface area contributed by atoms with Crippen LogP contribution in [0, 0.1) is 0 Å². The number of rotatable bonds is 4. The van der Waals surface area contributed by atoms with Crippen LogP contribution in [0.25, 0.3) is 0 Å². The van der Waals surface area contributed by atoms with Gasteiger partial charge in [-0.3, -0.25) is 9.00 Å². The Balaban J connectivity index is 3.06. The van der Waals surface area contributed by atoms with Crippen molar-refractivity contribution < 1.29 is 9.00 Å². The molecule has 1 N–H and O–H groups in total. The summed E-state index contributed by atoms with van der Waals surface area (Å²) in [5, 5.41) is 2.55. The number of nitrogens with one attached hydrogen (secondary N) is 1. The van der Waals surface area contributed by atoms with Crippen LogP contribution in [0.4, 0.5) is 0 Å². The van der Waals surface area contributed by atoms with Gasteiger partial charge in [0.25, 0.3) is 5.91 Å². The second-order valence-corrected chi connectivity index (χ2v) is 4.66. The number of carbonyl (C=O) groups excluding carboxylic acids is 1. The van der Waals surface area contributed by atoms with E-state index in [9.17, 15) is 9.00 Å².